The van der Waals surface area contributed by atoms with Gasteiger partial charge in [0, 0.05) is 0 Å². The van der Waals surface area contributed by atoms with Gasteiger partial charge < -0.3 is 9.84 Å². The molecule has 2 aromatic rings. The molecule has 0 saturated carbocycles. The molecule has 1 aromatic heterocycles. The van der Waals surface area contributed by atoms with Crippen LogP contribution in [0, 0.1) is 0 Å². The number of ether oxygens (including phenoxy) is 1. The Bertz CT molecular complexity index is 578. The van der Waals surface area contributed by atoms with Gasteiger partial charge in [0.1, 0.15) is 10.1 Å². The summed E-state index contributed by atoms with van der Waals surface area (Å²) in [7, 11) is 0. The van der Waals surface area contributed by atoms with E-state index in [2.05, 4.69) is 0 Å². The van der Waals surface area contributed by atoms with Gasteiger partial charge in [-0.15, -0.1) is 11.3 Å². The number of rotatable bonds is 5. The van der Waals surface area contributed by atoms with Crippen LogP contribution < -0.4 is 4.74 Å². The Hall–Kier alpha value is -1.07. The largest absolute Gasteiger partial charge is 0.485 e. The predicted octanol–water partition coefficient (Wildman–Crippen LogP) is 3.81. The first kappa shape index (κ1) is 14.3. The average Bonchev–Trinajstić information content (AvgIpc) is 2.75. The first-order valence-corrected chi connectivity index (χ1v) is 6.98. The number of ketones is 1. The number of aliphatic hydroxyl groups is 1. The molecule has 0 aliphatic rings. The third kappa shape index (κ3) is 3.70. The van der Waals surface area contributed by atoms with Crippen molar-refractivity contribution in [3.05, 3.63) is 50.1 Å². The van der Waals surface area contributed by atoms with Crippen molar-refractivity contribution in [1.82, 2.24) is 0 Å². The van der Waals surface area contributed by atoms with Crippen molar-refractivity contribution in [2.75, 3.05) is 6.61 Å². The summed E-state index contributed by atoms with van der Waals surface area (Å²) < 4.78 is 6.20. The highest BCUT2D eigenvalue weighted by Crippen LogP contribution is 2.31. The van der Waals surface area contributed by atoms with Crippen molar-refractivity contribution in [3.63, 3.8) is 0 Å². The van der Waals surface area contributed by atoms with E-state index < -0.39 is 0 Å². The lowest BCUT2D eigenvalue weighted by molar-refractivity contribution is 0.0922. The number of thiophene rings is 1. The average molecular weight is 317 g/mol. The number of carbonyl (C=O) groups is 1. The summed E-state index contributed by atoms with van der Waals surface area (Å²) in [6, 6.07) is 8.39. The van der Waals surface area contributed by atoms with E-state index in [1.54, 1.807) is 24.3 Å². The Labute approximate surface area is 124 Å². The molecule has 0 radical (unpaired) electrons. The molecule has 3 nitrogen and oxygen atoms in total. The molecule has 100 valence electrons. The second-order valence-corrected chi connectivity index (χ2v) is 6.04. The second kappa shape index (κ2) is 6.39. The molecule has 1 heterocycles. The van der Waals surface area contributed by atoms with E-state index >= 15 is 0 Å². The molecular weight excluding hydrogens is 307 g/mol. The van der Waals surface area contributed by atoms with Crippen LogP contribution in [-0.2, 0) is 6.61 Å². The molecule has 19 heavy (non-hydrogen) atoms. The van der Waals surface area contributed by atoms with Crippen molar-refractivity contribution in [1.29, 1.82) is 0 Å². The van der Waals surface area contributed by atoms with Crippen molar-refractivity contribution in [2.24, 2.45) is 0 Å². The topological polar surface area (TPSA) is 46.5 Å². The number of benzene rings is 1. The van der Waals surface area contributed by atoms with Crippen LogP contribution in [0.4, 0.5) is 0 Å². The standard InChI is InChI=1S/C13H10Cl2O3S/c14-12-5-10(13(15)19-12)11(17)7-18-9-3-1-8(6-16)2-4-9/h1-5,16H,6-7H2. The molecule has 0 fully saturated rings. The fourth-order valence-electron chi connectivity index (χ4n) is 1.45. The lowest BCUT2D eigenvalue weighted by atomic mass is 10.2. The maximum absolute atomic E-state index is 11.9. The van der Waals surface area contributed by atoms with E-state index in [1.165, 1.54) is 6.07 Å². The number of hydrogen-bond donors (Lipinski definition) is 1. The molecule has 0 unspecified atom stereocenters. The molecule has 0 aliphatic heterocycles. The highest BCUT2D eigenvalue weighted by Gasteiger charge is 2.14. The normalized spacial score (nSPS) is 10.5. The van der Waals surface area contributed by atoms with E-state index in [0.717, 1.165) is 16.9 Å². The van der Waals surface area contributed by atoms with Crippen LogP contribution in [0.1, 0.15) is 15.9 Å². The predicted molar refractivity (Wildman–Crippen MR) is 76.5 cm³/mol. The smallest absolute Gasteiger partial charge is 0.202 e. The van der Waals surface area contributed by atoms with Crippen molar-refractivity contribution in [3.8, 4) is 5.75 Å². The van der Waals surface area contributed by atoms with Gasteiger partial charge in [0.15, 0.2) is 6.61 Å². The summed E-state index contributed by atoms with van der Waals surface area (Å²) in [5.41, 5.74) is 1.16. The Morgan fingerprint density at radius 3 is 2.47 bits per heavy atom. The molecule has 6 heteroatoms. The molecule has 1 aromatic carbocycles. The second-order valence-electron chi connectivity index (χ2n) is 3.75. The van der Waals surface area contributed by atoms with Crippen LogP contribution in [0.25, 0.3) is 0 Å². The minimum absolute atomic E-state index is 0.0256. The zero-order valence-corrected chi connectivity index (χ0v) is 12.1. The minimum atomic E-state index is -0.223. The molecular formula is C13H10Cl2O3S. The van der Waals surface area contributed by atoms with Gasteiger partial charge in [0.25, 0.3) is 0 Å². The Morgan fingerprint density at radius 2 is 1.95 bits per heavy atom. The number of Topliss-reactive ketones (excluding diaryl/α,β-unsaturated/α-hetero) is 1. The summed E-state index contributed by atoms with van der Waals surface area (Å²) in [5.74, 6) is 0.336. The van der Waals surface area contributed by atoms with Gasteiger partial charge in [-0.1, -0.05) is 35.3 Å². The minimum Gasteiger partial charge on any atom is -0.485 e. The van der Waals surface area contributed by atoms with E-state index in [0.29, 0.717) is 20.0 Å². The van der Waals surface area contributed by atoms with Crippen molar-refractivity contribution in [2.45, 2.75) is 6.61 Å². The van der Waals surface area contributed by atoms with Gasteiger partial charge in [-0.2, -0.15) is 0 Å². The highest BCUT2D eigenvalue weighted by molar-refractivity contribution is 7.20. The van der Waals surface area contributed by atoms with E-state index in [4.69, 9.17) is 33.0 Å². The first-order valence-electron chi connectivity index (χ1n) is 5.41. The number of aliphatic hydroxyl groups excluding tert-OH is 1. The van der Waals surface area contributed by atoms with E-state index in [-0.39, 0.29) is 19.0 Å². The lowest BCUT2D eigenvalue weighted by Gasteiger charge is -2.05. The Morgan fingerprint density at radius 1 is 1.26 bits per heavy atom. The molecule has 0 aliphatic carbocycles. The quantitative estimate of drug-likeness (QED) is 0.853. The van der Waals surface area contributed by atoms with Gasteiger partial charge in [-0.25, -0.2) is 0 Å². The van der Waals surface area contributed by atoms with Gasteiger partial charge in [-0.3, -0.25) is 4.79 Å². The summed E-state index contributed by atoms with van der Waals surface area (Å²) in [4.78, 5) is 11.9. The van der Waals surface area contributed by atoms with Crippen molar-refractivity contribution < 1.29 is 14.6 Å². The van der Waals surface area contributed by atoms with E-state index in [9.17, 15) is 4.79 Å². The molecule has 1 N–H and O–H groups in total. The summed E-state index contributed by atoms with van der Waals surface area (Å²) >= 11 is 12.8. The van der Waals surface area contributed by atoms with Gasteiger partial charge >= 0.3 is 0 Å². The monoisotopic (exact) mass is 316 g/mol. The lowest BCUT2D eigenvalue weighted by Crippen LogP contribution is -2.11. The fraction of sp³-hybridized carbons (Fsp3) is 0.154. The Balaban J connectivity index is 1.98. The number of hydrogen-bond acceptors (Lipinski definition) is 4. The van der Waals surface area contributed by atoms with Crippen molar-refractivity contribution >= 4 is 40.3 Å². The number of carbonyl (C=O) groups excluding carboxylic acids is 1. The fourth-order valence-corrected chi connectivity index (χ4v) is 2.95. The van der Waals surface area contributed by atoms with Crippen LogP contribution in [0.5, 0.6) is 5.75 Å². The van der Waals surface area contributed by atoms with Crippen LogP contribution in [0.2, 0.25) is 8.67 Å². The van der Waals surface area contributed by atoms with Gasteiger partial charge in [-0.05, 0) is 23.8 Å². The summed E-state index contributed by atoms with van der Waals surface area (Å²) in [5, 5.41) is 8.91. The zero-order chi connectivity index (χ0) is 13.8. The van der Waals surface area contributed by atoms with Crippen LogP contribution in [0.15, 0.2) is 30.3 Å². The first-order chi connectivity index (χ1) is 9.10. The van der Waals surface area contributed by atoms with E-state index in [1.807, 2.05) is 0 Å². The SMILES string of the molecule is O=C(COc1ccc(CO)cc1)c1cc(Cl)sc1Cl. The number of halogens is 2. The van der Waals surface area contributed by atoms with Gasteiger partial charge in [0.05, 0.1) is 16.5 Å². The summed E-state index contributed by atoms with van der Waals surface area (Å²) in [6.45, 7) is -0.131. The van der Waals surface area contributed by atoms with Crippen LogP contribution in [0.3, 0.4) is 0 Å². The van der Waals surface area contributed by atoms with Gasteiger partial charge in [0.2, 0.25) is 5.78 Å². The highest BCUT2D eigenvalue weighted by atomic mass is 35.5. The maximum atomic E-state index is 11.9. The molecule has 0 saturated heterocycles. The molecule has 0 bridgehead atoms. The zero-order valence-electron chi connectivity index (χ0n) is 9.73. The third-order valence-corrected chi connectivity index (χ3v) is 3.92. The molecule has 0 atom stereocenters. The summed E-state index contributed by atoms with van der Waals surface area (Å²) in [6.07, 6.45) is 0. The molecule has 0 amide bonds. The molecule has 2 rings (SSSR count). The molecule has 0 spiro atoms. The maximum Gasteiger partial charge on any atom is 0.202 e. The Kier molecular flexibility index (Phi) is 4.82. The van der Waals surface area contributed by atoms with Crippen LogP contribution >= 0.6 is 34.5 Å². The third-order valence-electron chi connectivity index (χ3n) is 2.43. The van der Waals surface area contributed by atoms with Crippen LogP contribution in [-0.4, -0.2) is 17.5 Å².